The predicted octanol–water partition coefficient (Wildman–Crippen LogP) is 6.27. The summed E-state index contributed by atoms with van der Waals surface area (Å²) in [5.74, 6) is -0.724. The Balaban J connectivity index is 0.000000389. The van der Waals surface area contributed by atoms with E-state index in [0.717, 1.165) is 37.8 Å². The molecule has 3 rings (SSSR count). The molecule has 0 bridgehead atoms. The van der Waals surface area contributed by atoms with Crippen LogP contribution in [0.25, 0.3) is 0 Å². The molecule has 0 aliphatic carbocycles. The van der Waals surface area contributed by atoms with Gasteiger partial charge in [-0.05, 0) is 104 Å². The molecule has 1 N–H and O–H groups in total. The van der Waals surface area contributed by atoms with Gasteiger partial charge >= 0.3 is 0 Å². The summed E-state index contributed by atoms with van der Waals surface area (Å²) in [6.07, 6.45) is 6.83. The first kappa shape index (κ1) is 41.9. The fourth-order valence-corrected chi connectivity index (χ4v) is 6.37. The molecule has 0 saturated carbocycles. The lowest BCUT2D eigenvalue weighted by Crippen LogP contribution is -2.50. The van der Waals surface area contributed by atoms with Gasteiger partial charge in [0.05, 0.1) is 15.3 Å². The number of nitrogens with zero attached hydrogens (tertiary/aromatic N) is 1. The molecule has 46 heavy (non-hydrogen) atoms. The highest BCUT2D eigenvalue weighted by atomic mass is 32.2. The maximum absolute atomic E-state index is 12.8. The van der Waals surface area contributed by atoms with Crippen molar-refractivity contribution in [3.8, 4) is 0 Å². The number of benzene rings is 2. The van der Waals surface area contributed by atoms with E-state index in [1.165, 1.54) is 44.3 Å². The number of hydrogen-bond donors (Lipinski definition) is 1. The van der Waals surface area contributed by atoms with E-state index in [1.807, 2.05) is 27.7 Å². The van der Waals surface area contributed by atoms with Crippen LogP contribution in [0.15, 0.2) is 58.3 Å². The zero-order valence-electron chi connectivity index (χ0n) is 29.9. The molecule has 0 spiro atoms. The van der Waals surface area contributed by atoms with E-state index in [1.54, 1.807) is 43.5 Å². The first-order chi connectivity index (χ1) is 21.3. The third-order valence-corrected chi connectivity index (χ3v) is 10.1. The van der Waals surface area contributed by atoms with Crippen molar-refractivity contribution in [2.24, 2.45) is 0 Å². The Bertz CT molecular complexity index is 1430. The van der Waals surface area contributed by atoms with E-state index in [2.05, 4.69) is 37.9 Å². The quantitative estimate of drug-likeness (QED) is 0.132. The van der Waals surface area contributed by atoms with Gasteiger partial charge in [-0.1, -0.05) is 52.0 Å². The van der Waals surface area contributed by atoms with Crippen LogP contribution in [0.5, 0.6) is 0 Å². The summed E-state index contributed by atoms with van der Waals surface area (Å²) >= 11 is 0. The van der Waals surface area contributed by atoms with Gasteiger partial charge < -0.3 is 14.8 Å². The smallest absolute Gasteiger partial charge is 0.225 e. The van der Waals surface area contributed by atoms with Gasteiger partial charge in [-0.15, -0.1) is 0 Å². The lowest BCUT2D eigenvalue weighted by atomic mass is 9.91. The van der Waals surface area contributed by atoms with Gasteiger partial charge in [0, 0.05) is 30.7 Å². The topological polar surface area (TPSA) is 122 Å². The number of Topliss-reactive ketones (excluding diaryl/α,β-unsaturated/α-hetero) is 1. The zero-order chi connectivity index (χ0) is 35.4. The molecule has 0 amide bonds. The van der Waals surface area contributed by atoms with Crippen LogP contribution in [0.4, 0.5) is 0 Å². The number of methoxy groups -OCH3 is 1. The number of carbonyl (C=O) groups is 1. The minimum absolute atomic E-state index is 0.0226. The average molecular weight is 683 g/mol. The summed E-state index contributed by atoms with van der Waals surface area (Å²) in [6, 6.07) is 12.8. The van der Waals surface area contributed by atoms with Crippen LogP contribution in [0.1, 0.15) is 97.0 Å². The highest BCUT2D eigenvalue weighted by molar-refractivity contribution is 7.91. The summed E-state index contributed by atoms with van der Waals surface area (Å²) < 4.78 is 56.7. The number of ether oxygens (including phenoxy) is 2. The molecule has 0 radical (unpaired) electrons. The number of carbonyl (C=O) groups excluding carboxylic acids is 1. The first-order valence-corrected chi connectivity index (χ1v) is 19.9. The van der Waals surface area contributed by atoms with Crippen molar-refractivity contribution in [3.05, 3.63) is 59.7 Å². The van der Waals surface area contributed by atoms with Gasteiger partial charge in [0.1, 0.15) is 5.60 Å². The fourth-order valence-electron chi connectivity index (χ4n) is 5.11. The fraction of sp³-hybridized carbons (Fsp3) is 0.629. The van der Waals surface area contributed by atoms with Crippen LogP contribution in [0.3, 0.4) is 0 Å². The molecule has 1 atom stereocenters. The standard InChI is InChI=1S/C17H27NO3S.C12H16O4S.C6H15N/c1-6-12-18(13-7-2)17(3,4)16(19)14-8-10-15(11-9-14)22(5,20)21;1-11(2)12(15-3,16-11)9-5-7-10(8-6-9)17(4,13)14;1-3-5-7-6-4-2/h8-11H,6-7,12-13H2,1-5H3;5-8H,1-4H3;7H,3-6H2,1-2H3. The molecule has 262 valence electrons. The lowest BCUT2D eigenvalue weighted by Gasteiger charge is -2.37. The molecule has 1 aliphatic rings. The van der Waals surface area contributed by atoms with Crippen molar-refractivity contribution < 1.29 is 31.1 Å². The van der Waals surface area contributed by atoms with E-state index >= 15 is 0 Å². The van der Waals surface area contributed by atoms with E-state index in [4.69, 9.17) is 9.47 Å². The largest absolute Gasteiger partial charge is 0.347 e. The molecule has 2 aromatic carbocycles. The van der Waals surface area contributed by atoms with E-state index in [-0.39, 0.29) is 16.3 Å². The monoisotopic (exact) mass is 682 g/mol. The second-order valence-corrected chi connectivity index (χ2v) is 16.7. The average Bonchev–Trinajstić information content (AvgIpc) is 3.58. The molecule has 1 fully saturated rings. The van der Waals surface area contributed by atoms with Crippen LogP contribution in [-0.2, 0) is 34.9 Å². The van der Waals surface area contributed by atoms with Crippen molar-refractivity contribution in [1.82, 2.24) is 10.2 Å². The Hall–Kier alpha value is -2.15. The van der Waals surface area contributed by atoms with E-state index in [0.29, 0.717) is 10.5 Å². The maximum Gasteiger partial charge on any atom is 0.225 e. The van der Waals surface area contributed by atoms with Gasteiger partial charge in [0.25, 0.3) is 0 Å². The van der Waals surface area contributed by atoms with Crippen LogP contribution in [-0.4, -0.2) is 84.5 Å². The number of ketones is 1. The minimum atomic E-state index is -3.24. The normalized spacial score (nSPS) is 17.4. The summed E-state index contributed by atoms with van der Waals surface area (Å²) in [7, 11) is -4.82. The number of rotatable bonds is 15. The zero-order valence-corrected chi connectivity index (χ0v) is 31.5. The van der Waals surface area contributed by atoms with Gasteiger partial charge in [0.2, 0.25) is 5.79 Å². The maximum atomic E-state index is 12.8. The number of nitrogens with one attached hydrogen (secondary N) is 1. The summed E-state index contributed by atoms with van der Waals surface area (Å²) in [6.45, 7) is 20.4. The second kappa shape index (κ2) is 17.8. The Morgan fingerprint density at radius 1 is 0.783 bits per heavy atom. The van der Waals surface area contributed by atoms with E-state index in [9.17, 15) is 21.6 Å². The molecular formula is C35H58N2O7S2. The molecule has 1 unspecified atom stereocenters. The van der Waals surface area contributed by atoms with E-state index < -0.39 is 31.0 Å². The first-order valence-electron chi connectivity index (χ1n) is 16.2. The molecule has 0 aromatic heterocycles. The third-order valence-electron chi connectivity index (χ3n) is 7.83. The Morgan fingerprint density at radius 2 is 1.17 bits per heavy atom. The predicted molar refractivity (Wildman–Crippen MR) is 187 cm³/mol. The highest BCUT2D eigenvalue weighted by Gasteiger charge is 2.66. The Kier molecular flexibility index (Phi) is 16.2. The van der Waals surface area contributed by atoms with Gasteiger partial charge in [0.15, 0.2) is 25.5 Å². The Labute approximate surface area is 279 Å². The van der Waals surface area contributed by atoms with Gasteiger partial charge in [-0.3, -0.25) is 9.69 Å². The SMILES string of the molecule is CCCN(CCC)C(C)(C)C(=O)c1ccc(S(C)(=O)=O)cc1.CCCNCCC.COC1(c2ccc(S(C)(=O)=O)cc2)OC1(C)C. The van der Waals surface area contributed by atoms with Crippen molar-refractivity contribution >= 4 is 25.5 Å². The van der Waals surface area contributed by atoms with Crippen molar-refractivity contribution in [3.63, 3.8) is 0 Å². The highest BCUT2D eigenvalue weighted by Crippen LogP contribution is 2.55. The van der Waals surface area contributed by atoms with Crippen molar-refractivity contribution in [1.29, 1.82) is 0 Å². The second-order valence-electron chi connectivity index (χ2n) is 12.7. The van der Waals surface area contributed by atoms with Gasteiger partial charge in [-0.25, -0.2) is 16.8 Å². The minimum Gasteiger partial charge on any atom is -0.347 e. The van der Waals surface area contributed by atoms with Crippen molar-refractivity contribution in [2.75, 3.05) is 45.8 Å². The molecule has 1 heterocycles. The number of sulfone groups is 2. The number of hydrogen-bond acceptors (Lipinski definition) is 9. The number of epoxide rings is 1. The third kappa shape index (κ3) is 11.5. The van der Waals surface area contributed by atoms with Crippen molar-refractivity contribution in [2.45, 2.75) is 108 Å². The van der Waals surface area contributed by atoms with Crippen LogP contribution in [0, 0.1) is 0 Å². The van der Waals surface area contributed by atoms with Crippen LogP contribution >= 0.6 is 0 Å². The summed E-state index contributed by atoms with van der Waals surface area (Å²) in [5, 5.41) is 3.28. The summed E-state index contributed by atoms with van der Waals surface area (Å²) in [5.41, 5.74) is 0.402. The molecule has 2 aromatic rings. The van der Waals surface area contributed by atoms with Crippen LogP contribution < -0.4 is 5.32 Å². The van der Waals surface area contributed by atoms with Crippen LogP contribution in [0.2, 0.25) is 0 Å². The molecule has 11 heteroatoms. The summed E-state index contributed by atoms with van der Waals surface area (Å²) in [4.78, 5) is 15.6. The van der Waals surface area contributed by atoms with Gasteiger partial charge in [-0.2, -0.15) is 0 Å². The lowest BCUT2D eigenvalue weighted by molar-refractivity contribution is -0.0148. The Morgan fingerprint density at radius 3 is 1.48 bits per heavy atom. The molecule has 1 aliphatic heterocycles. The molecule has 1 saturated heterocycles. The molecular weight excluding hydrogens is 625 g/mol. The molecule has 9 nitrogen and oxygen atoms in total.